The van der Waals surface area contributed by atoms with Crippen LogP contribution in [0.4, 0.5) is 14.9 Å². The fraction of sp³-hybridized carbons (Fsp3) is 0.385. The zero-order valence-electron chi connectivity index (χ0n) is 10.6. The Morgan fingerprint density at radius 2 is 2.25 bits per heavy atom. The molecule has 1 aliphatic heterocycles. The molecular formula is C13H14ClFN2O3. The van der Waals surface area contributed by atoms with Crippen LogP contribution in [0.1, 0.15) is 19.3 Å². The van der Waals surface area contributed by atoms with Crippen molar-refractivity contribution in [3.05, 3.63) is 29.0 Å². The number of nitrogens with zero attached hydrogens (tertiary/aromatic N) is 1. The Morgan fingerprint density at radius 1 is 1.50 bits per heavy atom. The molecule has 1 fully saturated rings. The quantitative estimate of drug-likeness (QED) is 0.901. The number of hydrogen-bond donors (Lipinski definition) is 2. The lowest BCUT2D eigenvalue weighted by Crippen LogP contribution is -2.39. The number of anilines is 1. The minimum absolute atomic E-state index is 0.0107. The van der Waals surface area contributed by atoms with Gasteiger partial charge in [0.2, 0.25) is 0 Å². The van der Waals surface area contributed by atoms with Gasteiger partial charge in [-0.3, -0.25) is 4.79 Å². The van der Waals surface area contributed by atoms with Gasteiger partial charge in [0.15, 0.2) is 0 Å². The van der Waals surface area contributed by atoms with Gasteiger partial charge in [0.05, 0.1) is 12.1 Å². The third-order valence-electron chi connectivity index (χ3n) is 3.22. The molecule has 2 amide bonds. The van der Waals surface area contributed by atoms with Crippen molar-refractivity contribution in [1.82, 2.24) is 4.90 Å². The third kappa shape index (κ3) is 3.39. The third-order valence-corrected chi connectivity index (χ3v) is 3.45. The molecule has 5 nitrogen and oxygen atoms in total. The number of hydrogen-bond acceptors (Lipinski definition) is 2. The van der Waals surface area contributed by atoms with Crippen LogP contribution in [0.3, 0.4) is 0 Å². The predicted octanol–water partition coefficient (Wildman–Crippen LogP) is 2.95. The monoisotopic (exact) mass is 300 g/mol. The zero-order chi connectivity index (χ0) is 14.7. The number of urea groups is 1. The number of carbonyl (C=O) groups is 2. The Hall–Kier alpha value is -1.82. The second kappa shape index (κ2) is 6.09. The lowest BCUT2D eigenvalue weighted by molar-refractivity contribution is -0.137. The number of rotatable bonds is 3. The minimum atomic E-state index is -0.955. The fourth-order valence-corrected chi connectivity index (χ4v) is 2.47. The van der Waals surface area contributed by atoms with Gasteiger partial charge in [0.25, 0.3) is 0 Å². The molecular weight excluding hydrogens is 287 g/mol. The van der Waals surface area contributed by atoms with E-state index in [4.69, 9.17) is 16.7 Å². The molecule has 1 atom stereocenters. The molecule has 1 unspecified atom stereocenters. The topological polar surface area (TPSA) is 69.6 Å². The van der Waals surface area contributed by atoms with E-state index in [2.05, 4.69) is 5.32 Å². The first kappa shape index (κ1) is 14.6. The Balaban J connectivity index is 2.07. The molecule has 0 aromatic heterocycles. The number of amides is 2. The Bertz CT molecular complexity index is 538. The number of likely N-dealkylation sites (tertiary alicyclic amines) is 1. The number of carbonyl (C=O) groups excluding carboxylic acids is 1. The summed E-state index contributed by atoms with van der Waals surface area (Å²) in [4.78, 5) is 24.3. The molecule has 0 aliphatic carbocycles. The Kier molecular flexibility index (Phi) is 4.44. The van der Waals surface area contributed by atoms with E-state index < -0.39 is 17.8 Å². The molecule has 108 valence electrons. The molecule has 2 N–H and O–H groups in total. The molecule has 1 aromatic carbocycles. The molecule has 0 radical (unpaired) electrons. The molecule has 7 heteroatoms. The van der Waals surface area contributed by atoms with E-state index >= 15 is 0 Å². The van der Waals surface area contributed by atoms with Crippen LogP contribution in [0.5, 0.6) is 0 Å². The molecule has 0 saturated carbocycles. The van der Waals surface area contributed by atoms with E-state index in [1.54, 1.807) is 0 Å². The van der Waals surface area contributed by atoms with Gasteiger partial charge in [-0.15, -0.1) is 0 Å². The summed E-state index contributed by atoms with van der Waals surface area (Å²) in [6, 6.07) is 3.01. The number of carboxylic acids is 1. The number of carboxylic acid groups (broad SMARTS) is 1. The van der Waals surface area contributed by atoms with E-state index in [-0.39, 0.29) is 18.2 Å². The Morgan fingerprint density at radius 3 is 2.95 bits per heavy atom. The lowest BCUT2D eigenvalue weighted by atomic mass is 10.1. The summed E-state index contributed by atoms with van der Waals surface area (Å²) in [5.41, 5.74) is -0.0107. The maximum atomic E-state index is 13.5. The molecule has 20 heavy (non-hydrogen) atoms. The van der Waals surface area contributed by atoms with Crippen molar-refractivity contribution in [2.75, 3.05) is 11.9 Å². The van der Waals surface area contributed by atoms with Crippen LogP contribution in [0.25, 0.3) is 0 Å². The molecule has 1 aromatic rings. The summed E-state index contributed by atoms with van der Waals surface area (Å²) in [6.07, 6.45) is 1.27. The molecule has 1 saturated heterocycles. The number of benzene rings is 1. The summed E-state index contributed by atoms with van der Waals surface area (Å²) < 4.78 is 13.5. The van der Waals surface area contributed by atoms with Crippen LogP contribution in [0.2, 0.25) is 5.02 Å². The molecule has 2 rings (SSSR count). The highest BCUT2D eigenvalue weighted by molar-refractivity contribution is 6.30. The van der Waals surface area contributed by atoms with E-state index in [0.717, 1.165) is 12.5 Å². The first-order valence-electron chi connectivity index (χ1n) is 6.22. The van der Waals surface area contributed by atoms with Gasteiger partial charge < -0.3 is 15.3 Å². The predicted molar refractivity (Wildman–Crippen MR) is 72.4 cm³/mol. The summed E-state index contributed by atoms with van der Waals surface area (Å²) in [5.74, 6) is -1.54. The highest BCUT2D eigenvalue weighted by atomic mass is 35.5. The van der Waals surface area contributed by atoms with Crippen LogP contribution in [-0.2, 0) is 4.79 Å². The van der Waals surface area contributed by atoms with E-state index in [0.29, 0.717) is 18.0 Å². The fourth-order valence-electron chi connectivity index (χ4n) is 2.30. The SMILES string of the molecule is O=C(O)CC1CCCN1C(=O)Nc1cc(Cl)ccc1F. The maximum absolute atomic E-state index is 13.5. The normalized spacial score (nSPS) is 18.1. The van der Waals surface area contributed by atoms with Crippen LogP contribution < -0.4 is 5.32 Å². The van der Waals surface area contributed by atoms with Gasteiger partial charge in [-0.05, 0) is 31.0 Å². The van der Waals surface area contributed by atoms with Crippen molar-refractivity contribution >= 4 is 29.3 Å². The van der Waals surface area contributed by atoms with Crippen LogP contribution in [0.15, 0.2) is 18.2 Å². The van der Waals surface area contributed by atoms with Crippen molar-refractivity contribution in [2.45, 2.75) is 25.3 Å². The van der Waals surface area contributed by atoms with Crippen molar-refractivity contribution in [2.24, 2.45) is 0 Å². The second-order valence-electron chi connectivity index (χ2n) is 4.64. The van der Waals surface area contributed by atoms with Gasteiger partial charge in [-0.2, -0.15) is 0 Å². The standard InChI is InChI=1S/C13H14ClFN2O3/c14-8-3-4-10(15)11(6-8)16-13(20)17-5-1-2-9(17)7-12(18)19/h3-4,6,9H,1-2,5,7H2,(H,16,20)(H,18,19). The first-order chi connectivity index (χ1) is 9.47. The van der Waals surface area contributed by atoms with E-state index in [9.17, 15) is 14.0 Å². The van der Waals surface area contributed by atoms with Crippen molar-refractivity contribution < 1.29 is 19.1 Å². The van der Waals surface area contributed by atoms with E-state index in [1.807, 2.05) is 0 Å². The van der Waals surface area contributed by atoms with Crippen LogP contribution >= 0.6 is 11.6 Å². The smallest absolute Gasteiger partial charge is 0.322 e. The summed E-state index contributed by atoms with van der Waals surface area (Å²) in [6.45, 7) is 0.464. The van der Waals surface area contributed by atoms with Crippen LogP contribution in [0, 0.1) is 5.82 Å². The summed E-state index contributed by atoms with van der Waals surface area (Å²) in [7, 11) is 0. The van der Waals surface area contributed by atoms with Gasteiger partial charge in [0.1, 0.15) is 5.82 Å². The lowest BCUT2D eigenvalue weighted by Gasteiger charge is -2.23. The number of halogens is 2. The summed E-state index contributed by atoms with van der Waals surface area (Å²) >= 11 is 5.75. The molecule has 1 aliphatic rings. The maximum Gasteiger partial charge on any atom is 0.322 e. The zero-order valence-corrected chi connectivity index (χ0v) is 11.4. The molecule has 0 bridgehead atoms. The van der Waals surface area contributed by atoms with Gasteiger partial charge in [0, 0.05) is 17.6 Å². The minimum Gasteiger partial charge on any atom is -0.481 e. The highest BCUT2D eigenvalue weighted by Gasteiger charge is 2.30. The average Bonchev–Trinajstić information content (AvgIpc) is 2.81. The molecule has 0 spiro atoms. The largest absolute Gasteiger partial charge is 0.481 e. The summed E-state index contributed by atoms with van der Waals surface area (Å²) in [5, 5.41) is 11.5. The van der Waals surface area contributed by atoms with Crippen molar-refractivity contribution in [3.8, 4) is 0 Å². The Labute approximate surface area is 120 Å². The van der Waals surface area contributed by atoms with Crippen LogP contribution in [-0.4, -0.2) is 34.6 Å². The first-order valence-corrected chi connectivity index (χ1v) is 6.59. The number of nitrogens with one attached hydrogen (secondary N) is 1. The second-order valence-corrected chi connectivity index (χ2v) is 5.08. The van der Waals surface area contributed by atoms with E-state index in [1.165, 1.54) is 17.0 Å². The number of aliphatic carboxylic acids is 1. The van der Waals surface area contributed by atoms with Crippen molar-refractivity contribution in [3.63, 3.8) is 0 Å². The van der Waals surface area contributed by atoms with Gasteiger partial charge in [-0.25, -0.2) is 9.18 Å². The van der Waals surface area contributed by atoms with Gasteiger partial charge >= 0.3 is 12.0 Å². The average molecular weight is 301 g/mol. The highest BCUT2D eigenvalue weighted by Crippen LogP contribution is 2.24. The van der Waals surface area contributed by atoms with Gasteiger partial charge in [-0.1, -0.05) is 11.6 Å². The van der Waals surface area contributed by atoms with Crippen molar-refractivity contribution in [1.29, 1.82) is 0 Å². The molecule has 1 heterocycles.